The molecular weight excluding hydrogens is 412 g/mol. The van der Waals surface area contributed by atoms with Crippen LogP contribution in [-0.4, -0.2) is 4.57 Å². The van der Waals surface area contributed by atoms with Gasteiger partial charge < -0.3 is 0 Å². The first-order valence-electron chi connectivity index (χ1n) is 15.8. The van der Waals surface area contributed by atoms with Gasteiger partial charge in [-0.15, -0.1) is 0 Å². The van der Waals surface area contributed by atoms with Crippen molar-refractivity contribution in [3.8, 4) is 0 Å². The summed E-state index contributed by atoms with van der Waals surface area (Å²) >= 11 is 0. The second-order valence-corrected chi connectivity index (χ2v) is 11.0. The van der Waals surface area contributed by atoms with Crippen LogP contribution in [0.25, 0.3) is 0 Å². The van der Waals surface area contributed by atoms with Gasteiger partial charge >= 0.3 is 0 Å². The van der Waals surface area contributed by atoms with E-state index in [2.05, 4.69) is 42.3 Å². The Morgan fingerprint density at radius 1 is 0.500 bits per heavy atom. The molecule has 0 atom stereocenters. The maximum Gasteiger partial charge on any atom is 0.253 e. The lowest BCUT2D eigenvalue weighted by atomic mass is 10.0. The van der Waals surface area contributed by atoms with E-state index in [0.717, 1.165) is 0 Å². The molecule has 0 fully saturated rings. The SMILES string of the molecule is CCCCCCCCCCCCCCCCCn1cc[n+](CCCCCCCCCCC)c1C. The van der Waals surface area contributed by atoms with Crippen molar-refractivity contribution < 1.29 is 4.57 Å². The summed E-state index contributed by atoms with van der Waals surface area (Å²) in [5, 5.41) is 0. The Hall–Kier alpha value is -0.790. The molecule has 0 aliphatic carbocycles. The predicted octanol–water partition coefficient (Wildman–Crippen LogP) is 10.5. The molecule has 1 heterocycles. The van der Waals surface area contributed by atoms with Crippen molar-refractivity contribution in [1.82, 2.24) is 4.57 Å². The van der Waals surface area contributed by atoms with Gasteiger partial charge in [-0.25, -0.2) is 9.13 Å². The van der Waals surface area contributed by atoms with E-state index in [1.165, 1.54) is 173 Å². The summed E-state index contributed by atoms with van der Waals surface area (Å²) in [6.45, 7) is 9.31. The quantitative estimate of drug-likeness (QED) is 0.0930. The van der Waals surface area contributed by atoms with Crippen LogP contribution in [0.2, 0.25) is 0 Å². The molecule has 0 aliphatic rings. The van der Waals surface area contributed by atoms with E-state index in [9.17, 15) is 0 Å². The number of hydrogen-bond acceptors (Lipinski definition) is 0. The Kier molecular flexibility index (Phi) is 22.0. The zero-order chi connectivity index (χ0) is 24.5. The zero-order valence-corrected chi connectivity index (χ0v) is 23.9. The van der Waals surface area contributed by atoms with Crippen molar-refractivity contribution in [1.29, 1.82) is 0 Å². The van der Waals surface area contributed by atoms with Gasteiger partial charge in [0.05, 0.1) is 13.1 Å². The number of hydrogen-bond donors (Lipinski definition) is 0. The number of rotatable bonds is 26. The molecule has 0 amide bonds. The molecule has 0 N–H and O–H groups in total. The van der Waals surface area contributed by atoms with Gasteiger partial charge in [-0.3, -0.25) is 0 Å². The topological polar surface area (TPSA) is 8.81 Å². The molecule has 1 aromatic heterocycles. The highest BCUT2D eigenvalue weighted by Crippen LogP contribution is 2.14. The second kappa shape index (κ2) is 23.9. The molecule has 1 aromatic rings. The van der Waals surface area contributed by atoms with E-state index in [1.54, 1.807) is 0 Å². The fourth-order valence-corrected chi connectivity index (χ4v) is 5.26. The first-order chi connectivity index (χ1) is 16.8. The van der Waals surface area contributed by atoms with Crippen molar-refractivity contribution in [2.24, 2.45) is 0 Å². The number of unbranched alkanes of at least 4 members (excludes halogenated alkanes) is 22. The van der Waals surface area contributed by atoms with Crippen molar-refractivity contribution in [3.05, 3.63) is 18.2 Å². The lowest BCUT2D eigenvalue weighted by Crippen LogP contribution is -2.35. The van der Waals surface area contributed by atoms with Gasteiger partial charge in [0.2, 0.25) is 0 Å². The monoisotopic (exact) mass is 475 g/mol. The summed E-state index contributed by atoms with van der Waals surface area (Å²) in [7, 11) is 0. The van der Waals surface area contributed by atoms with Gasteiger partial charge in [0, 0.05) is 6.92 Å². The molecule has 0 radical (unpaired) electrons. The molecule has 2 heteroatoms. The third-order valence-corrected chi connectivity index (χ3v) is 7.76. The molecule has 0 saturated heterocycles. The van der Waals surface area contributed by atoms with Crippen LogP contribution < -0.4 is 4.57 Å². The van der Waals surface area contributed by atoms with Gasteiger partial charge in [0.25, 0.3) is 5.82 Å². The predicted molar refractivity (Wildman–Crippen MR) is 152 cm³/mol. The molecule has 1 rings (SSSR count). The number of aromatic nitrogens is 2. The van der Waals surface area contributed by atoms with Gasteiger partial charge in [0.1, 0.15) is 12.4 Å². The maximum absolute atomic E-state index is 2.48. The van der Waals surface area contributed by atoms with Crippen LogP contribution in [0.15, 0.2) is 12.4 Å². The summed E-state index contributed by atoms with van der Waals surface area (Å²) in [6, 6.07) is 0. The van der Waals surface area contributed by atoms with Gasteiger partial charge in [-0.1, -0.05) is 142 Å². The largest absolute Gasteiger partial charge is 0.253 e. The molecule has 0 bridgehead atoms. The Balaban J connectivity index is 1.90. The number of aryl methyl sites for hydroxylation is 2. The zero-order valence-electron chi connectivity index (χ0n) is 23.9. The summed E-state index contributed by atoms with van der Waals surface area (Å²) in [5.74, 6) is 1.45. The van der Waals surface area contributed by atoms with Crippen LogP contribution in [0.4, 0.5) is 0 Å². The molecule has 0 saturated carbocycles. The maximum atomic E-state index is 2.48. The molecule has 0 unspecified atom stereocenters. The van der Waals surface area contributed by atoms with Crippen molar-refractivity contribution in [2.75, 3.05) is 0 Å². The van der Waals surface area contributed by atoms with E-state index in [4.69, 9.17) is 0 Å². The Morgan fingerprint density at radius 2 is 0.853 bits per heavy atom. The van der Waals surface area contributed by atoms with Crippen LogP contribution in [0, 0.1) is 6.92 Å². The highest BCUT2D eigenvalue weighted by Gasteiger charge is 2.11. The summed E-state index contributed by atoms with van der Waals surface area (Å²) in [6.07, 6.45) is 38.9. The van der Waals surface area contributed by atoms with E-state index in [1.807, 2.05) is 0 Å². The second-order valence-electron chi connectivity index (χ2n) is 11.0. The Morgan fingerprint density at radius 3 is 1.26 bits per heavy atom. The van der Waals surface area contributed by atoms with Crippen LogP contribution in [0.5, 0.6) is 0 Å². The molecule has 34 heavy (non-hydrogen) atoms. The first-order valence-corrected chi connectivity index (χ1v) is 15.8. The highest BCUT2D eigenvalue weighted by atomic mass is 15.1. The summed E-state index contributed by atoms with van der Waals surface area (Å²) in [5.41, 5.74) is 0. The van der Waals surface area contributed by atoms with Crippen LogP contribution >= 0.6 is 0 Å². The smallest absolute Gasteiger partial charge is 0.234 e. The third-order valence-electron chi connectivity index (χ3n) is 7.76. The van der Waals surface area contributed by atoms with E-state index in [-0.39, 0.29) is 0 Å². The van der Waals surface area contributed by atoms with Crippen molar-refractivity contribution in [2.45, 2.75) is 188 Å². The molecule has 0 aliphatic heterocycles. The Labute approximate surface area is 215 Å². The van der Waals surface area contributed by atoms with E-state index >= 15 is 0 Å². The molecule has 0 spiro atoms. The van der Waals surface area contributed by atoms with Crippen LogP contribution in [0.3, 0.4) is 0 Å². The minimum Gasteiger partial charge on any atom is -0.234 e. The van der Waals surface area contributed by atoms with E-state index < -0.39 is 0 Å². The Bertz CT molecular complexity index is 533. The van der Waals surface area contributed by atoms with Crippen LogP contribution in [0.1, 0.15) is 174 Å². The lowest BCUT2D eigenvalue weighted by Gasteiger charge is -2.04. The fraction of sp³-hybridized carbons (Fsp3) is 0.906. The van der Waals surface area contributed by atoms with Crippen molar-refractivity contribution in [3.63, 3.8) is 0 Å². The first kappa shape index (κ1) is 31.2. The number of imidazole rings is 1. The highest BCUT2D eigenvalue weighted by molar-refractivity contribution is 4.79. The standard InChI is InChI=1S/C32H63N2/c1-4-6-8-10-12-14-15-16-17-18-19-21-23-25-27-29-34-31-30-33(32(34)3)28-26-24-22-20-13-11-9-7-5-2/h30-31H,4-29H2,1-3H3/q+1. The molecule has 2 nitrogen and oxygen atoms in total. The average molecular weight is 476 g/mol. The van der Waals surface area contributed by atoms with Gasteiger partial charge in [-0.2, -0.15) is 0 Å². The lowest BCUT2D eigenvalue weighted by molar-refractivity contribution is -0.702. The van der Waals surface area contributed by atoms with Gasteiger partial charge in [0.15, 0.2) is 0 Å². The average Bonchev–Trinajstić information content (AvgIpc) is 3.19. The van der Waals surface area contributed by atoms with Crippen LogP contribution in [-0.2, 0) is 13.1 Å². The third kappa shape index (κ3) is 17.6. The van der Waals surface area contributed by atoms with Crippen molar-refractivity contribution >= 4 is 0 Å². The summed E-state index contributed by atoms with van der Waals surface area (Å²) < 4.78 is 4.96. The van der Waals surface area contributed by atoms with E-state index in [0.29, 0.717) is 0 Å². The normalized spacial score (nSPS) is 11.5. The van der Waals surface area contributed by atoms with Gasteiger partial charge in [-0.05, 0) is 25.7 Å². The molecular formula is C32H63N2+. The minimum absolute atomic E-state index is 1.20. The fourth-order valence-electron chi connectivity index (χ4n) is 5.26. The summed E-state index contributed by atoms with van der Waals surface area (Å²) in [4.78, 5) is 0. The number of nitrogens with zero attached hydrogens (tertiary/aromatic N) is 2. The molecule has 200 valence electrons. The molecule has 0 aromatic carbocycles. The minimum atomic E-state index is 1.20.